The summed E-state index contributed by atoms with van der Waals surface area (Å²) < 4.78 is 5.40. The molecular formula is C13H14O4. The second-order valence-corrected chi connectivity index (χ2v) is 4.26. The maximum atomic E-state index is 11.7. The second-order valence-electron chi connectivity index (χ2n) is 4.26. The van der Waals surface area contributed by atoms with E-state index in [0.29, 0.717) is 17.8 Å². The van der Waals surface area contributed by atoms with Gasteiger partial charge in [0, 0.05) is 6.07 Å². The lowest BCUT2D eigenvalue weighted by atomic mass is 10.1. The number of aryl methyl sites for hydroxylation is 1. The van der Waals surface area contributed by atoms with Gasteiger partial charge in [0.25, 0.3) is 0 Å². The molecule has 0 aliphatic heterocycles. The minimum Gasteiger partial charge on any atom is -0.507 e. The van der Waals surface area contributed by atoms with Crippen LogP contribution in [0.15, 0.2) is 27.4 Å². The van der Waals surface area contributed by atoms with Crippen LogP contribution in [0.1, 0.15) is 18.2 Å². The summed E-state index contributed by atoms with van der Waals surface area (Å²) in [4.78, 5) is 11.7. The first-order valence-corrected chi connectivity index (χ1v) is 5.42. The van der Waals surface area contributed by atoms with Crippen LogP contribution in [0, 0.1) is 6.92 Å². The van der Waals surface area contributed by atoms with E-state index < -0.39 is 6.10 Å². The first-order chi connectivity index (χ1) is 7.97. The van der Waals surface area contributed by atoms with E-state index in [2.05, 4.69) is 0 Å². The van der Waals surface area contributed by atoms with Crippen LogP contribution in [-0.2, 0) is 6.42 Å². The van der Waals surface area contributed by atoms with Crippen LogP contribution in [-0.4, -0.2) is 16.3 Å². The summed E-state index contributed by atoms with van der Waals surface area (Å²) in [6.07, 6.45) is -0.107. The van der Waals surface area contributed by atoms with Gasteiger partial charge in [-0.1, -0.05) is 0 Å². The molecule has 0 radical (unpaired) electrons. The highest BCUT2D eigenvalue weighted by Gasteiger charge is 2.10. The number of aliphatic hydroxyl groups is 1. The van der Waals surface area contributed by atoms with Gasteiger partial charge in [0.1, 0.15) is 22.5 Å². The lowest BCUT2D eigenvalue weighted by Crippen LogP contribution is -2.06. The number of aliphatic hydroxyl groups excluding tert-OH is 1. The summed E-state index contributed by atoms with van der Waals surface area (Å²) in [5, 5.41) is 19.3. The smallest absolute Gasteiger partial charge is 0.196 e. The Hall–Kier alpha value is -1.81. The number of hydrogen-bond donors (Lipinski definition) is 2. The van der Waals surface area contributed by atoms with E-state index in [-0.39, 0.29) is 16.6 Å². The Bertz CT molecular complexity index is 611. The maximum absolute atomic E-state index is 11.7. The zero-order valence-corrected chi connectivity index (χ0v) is 9.73. The molecule has 1 unspecified atom stereocenters. The summed E-state index contributed by atoms with van der Waals surface area (Å²) in [5.74, 6) is 0.392. The van der Waals surface area contributed by atoms with E-state index in [1.54, 1.807) is 19.9 Å². The van der Waals surface area contributed by atoms with Crippen molar-refractivity contribution in [3.63, 3.8) is 0 Å². The van der Waals surface area contributed by atoms with Gasteiger partial charge in [-0.05, 0) is 38.0 Å². The third kappa shape index (κ3) is 2.31. The third-order valence-electron chi connectivity index (χ3n) is 2.52. The van der Waals surface area contributed by atoms with E-state index in [1.165, 1.54) is 12.1 Å². The molecule has 4 nitrogen and oxygen atoms in total. The molecule has 0 amide bonds. The molecule has 0 aliphatic carbocycles. The van der Waals surface area contributed by atoms with Crippen LogP contribution >= 0.6 is 0 Å². The van der Waals surface area contributed by atoms with Gasteiger partial charge in [0.05, 0.1) is 6.10 Å². The standard InChI is InChI=1S/C13H14O4/c1-7(14)3-9-5-11(16)13-10(15)4-8(2)17-12(13)6-9/h4-7,14,16H,3H2,1-2H3. The van der Waals surface area contributed by atoms with Crippen molar-refractivity contribution in [1.29, 1.82) is 0 Å². The zero-order chi connectivity index (χ0) is 12.6. The number of benzene rings is 1. The molecular weight excluding hydrogens is 220 g/mol. The Morgan fingerprint density at radius 3 is 2.71 bits per heavy atom. The second kappa shape index (κ2) is 4.22. The Morgan fingerprint density at radius 1 is 1.35 bits per heavy atom. The molecule has 2 aromatic rings. The van der Waals surface area contributed by atoms with Crippen LogP contribution in [0.2, 0.25) is 0 Å². The van der Waals surface area contributed by atoms with Crippen molar-refractivity contribution < 1.29 is 14.6 Å². The van der Waals surface area contributed by atoms with E-state index in [9.17, 15) is 15.0 Å². The quantitative estimate of drug-likeness (QED) is 0.830. The number of phenolic OH excluding ortho intramolecular Hbond substituents is 1. The fourth-order valence-corrected chi connectivity index (χ4v) is 1.90. The topological polar surface area (TPSA) is 70.7 Å². The molecule has 1 atom stereocenters. The van der Waals surface area contributed by atoms with Gasteiger partial charge in [-0.25, -0.2) is 0 Å². The summed E-state index contributed by atoms with van der Waals surface area (Å²) in [7, 11) is 0. The number of hydrogen-bond acceptors (Lipinski definition) is 4. The van der Waals surface area contributed by atoms with Gasteiger partial charge in [-0.15, -0.1) is 0 Å². The molecule has 1 heterocycles. The lowest BCUT2D eigenvalue weighted by Gasteiger charge is -2.07. The number of phenols is 1. The third-order valence-corrected chi connectivity index (χ3v) is 2.52. The average Bonchev–Trinajstić information content (AvgIpc) is 2.13. The fourth-order valence-electron chi connectivity index (χ4n) is 1.90. The van der Waals surface area contributed by atoms with E-state index in [0.717, 1.165) is 5.56 Å². The lowest BCUT2D eigenvalue weighted by molar-refractivity contribution is 0.195. The van der Waals surface area contributed by atoms with Crippen molar-refractivity contribution in [3.05, 3.63) is 39.7 Å². The van der Waals surface area contributed by atoms with Crippen LogP contribution in [0.25, 0.3) is 11.0 Å². The Labute approximate surface area is 98.1 Å². The molecule has 17 heavy (non-hydrogen) atoms. The largest absolute Gasteiger partial charge is 0.507 e. The predicted octanol–water partition coefficient (Wildman–Crippen LogP) is 1.73. The van der Waals surface area contributed by atoms with Crippen molar-refractivity contribution in [2.24, 2.45) is 0 Å². The number of rotatable bonds is 2. The van der Waals surface area contributed by atoms with Gasteiger partial charge in [-0.3, -0.25) is 4.79 Å². The molecule has 1 aromatic carbocycles. The van der Waals surface area contributed by atoms with Crippen molar-refractivity contribution in [3.8, 4) is 5.75 Å². The molecule has 0 bridgehead atoms. The van der Waals surface area contributed by atoms with E-state index in [1.807, 2.05) is 0 Å². The monoisotopic (exact) mass is 234 g/mol. The summed E-state index contributed by atoms with van der Waals surface area (Å²) in [6.45, 7) is 3.34. The van der Waals surface area contributed by atoms with Gasteiger partial charge < -0.3 is 14.6 Å². The average molecular weight is 234 g/mol. The zero-order valence-electron chi connectivity index (χ0n) is 9.73. The normalized spacial score (nSPS) is 12.9. The van der Waals surface area contributed by atoms with Gasteiger partial charge in [-0.2, -0.15) is 0 Å². The molecule has 0 saturated heterocycles. The van der Waals surface area contributed by atoms with Crippen LogP contribution in [0.3, 0.4) is 0 Å². The summed E-state index contributed by atoms with van der Waals surface area (Å²) in [6, 6.07) is 4.51. The highest BCUT2D eigenvalue weighted by Crippen LogP contribution is 2.25. The Morgan fingerprint density at radius 2 is 2.06 bits per heavy atom. The molecule has 4 heteroatoms. The van der Waals surface area contributed by atoms with Crippen molar-refractivity contribution in [2.75, 3.05) is 0 Å². The summed E-state index contributed by atoms with van der Waals surface area (Å²) >= 11 is 0. The van der Waals surface area contributed by atoms with Crippen LogP contribution in [0.4, 0.5) is 0 Å². The van der Waals surface area contributed by atoms with Crippen molar-refractivity contribution in [2.45, 2.75) is 26.4 Å². The van der Waals surface area contributed by atoms with Crippen molar-refractivity contribution >= 4 is 11.0 Å². The molecule has 1 aromatic heterocycles. The minimum absolute atomic E-state index is 0.105. The molecule has 0 spiro atoms. The van der Waals surface area contributed by atoms with E-state index in [4.69, 9.17) is 4.42 Å². The highest BCUT2D eigenvalue weighted by atomic mass is 16.3. The Kier molecular flexibility index (Phi) is 2.90. The molecule has 0 fully saturated rings. The highest BCUT2D eigenvalue weighted by molar-refractivity contribution is 5.83. The minimum atomic E-state index is -0.511. The Balaban J connectivity index is 2.69. The van der Waals surface area contributed by atoms with Crippen LogP contribution < -0.4 is 5.43 Å². The van der Waals surface area contributed by atoms with Gasteiger partial charge in [0.2, 0.25) is 0 Å². The SMILES string of the molecule is Cc1cc(=O)c2c(O)cc(CC(C)O)cc2o1. The first-order valence-electron chi connectivity index (χ1n) is 5.42. The van der Waals surface area contributed by atoms with Gasteiger partial charge in [0.15, 0.2) is 5.43 Å². The summed E-state index contributed by atoms with van der Waals surface area (Å²) in [5.41, 5.74) is 0.828. The molecule has 90 valence electrons. The first kappa shape index (κ1) is 11.7. The molecule has 2 N–H and O–H groups in total. The molecule has 0 saturated carbocycles. The maximum Gasteiger partial charge on any atom is 0.196 e. The number of aromatic hydroxyl groups is 1. The molecule has 0 aliphatic rings. The predicted molar refractivity (Wildman–Crippen MR) is 64.3 cm³/mol. The van der Waals surface area contributed by atoms with Crippen molar-refractivity contribution in [1.82, 2.24) is 0 Å². The van der Waals surface area contributed by atoms with Crippen LogP contribution in [0.5, 0.6) is 5.75 Å². The molecule has 2 rings (SSSR count). The van der Waals surface area contributed by atoms with Gasteiger partial charge >= 0.3 is 0 Å². The fraction of sp³-hybridized carbons (Fsp3) is 0.308. The van der Waals surface area contributed by atoms with E-state index >= 15 is 0 Å². The number of fused-ring (bicyclic) bond motifs is 1.